The molecule has 0 aromatic carbocycles. The van der Waals surface area contributed by atoms with Crippen LogP contribution in [0.15, 0.2) is 0 Å². The van der Waals surface area contributed by atoms with E-state index in [1.165, 1.54) is 70.6 Å². The summed E-state index contributed by atoms with van der Waals surface area (Å²) in [6.45, 7) is 20.7. The van der Waals surface area contributed by atoms with Crippen molar-refractivity contribution in [3.05, 3.63) is 0 Å². The molecule has 0 amide bonds. The maximum atomic E-state index is 11.5. The van der Waals surface area contributed by atoms with Crippen LogP contribution in [0.3, 0.4) is 0 Å². The highest BCUT2D eigenvalue weighted by Crippen LogP contribution is 2.78. The monoisotopic (exact) mass is 470 g/mol. The van der Waals surface area contributed by atoms with Crippen molar-refractivity contribution in [2.45, 2.75) is 126 Å². The van der Waals surface area contributed by atoms with Gasteiger partial charge in [-0.15, -0.1) is 0 Å². The zero-order valence-corrected chi connectivity index (χ0v) is 23.8. The van der Waals surface area contributed by atoms with Crippen LogP contribution in [0.2, 0.25) is 0 Å². The van der Waals surface area contributed by atoms with Crippen molar-refractivity contribution in [1.82, 2.24) is 0 Å². The maximum absolute atomic E-state index is 11.5. The number of hydrogen-bond donors (Lipinski definition) is 0. The summed E-state index contributed by atoms with van der Waals surface area (Å²) in [5.74, 6) is 4.60. The standard InChI is InChI=1S/C32H54O2/c1-21(20-34-22(2)33)23-12-17-29(5)24(23)13-18-31(7)26(29)10-11-27-30(6)16-9-15-28(3,4)25(30)14-19-32(27,31)8/h21,23-27H,9-20H2,1-8H3/t21-,23-,24+,25+,26-,27-,29+,30+,31-,32-/m1/s1. The molecule has 0 heterocycles. The molecular formula is C32H54O2. The predicted octanol–water partition coefficient (Wildman–Crippen LogP) is 8.68. The molecule has 0 aromatic heterocycles. The topological polar surface area (TPSA) is 26.3 Å². The van der Waals surface area contributed by atoms with Crippen molar-refractivity contribution in [3.63, 3.8) is 0 Å². The van der Waals surface area contributed by atoms with E-state index in [1.807, 2.05) is 0 Å². The van der Waals surface area contributed by atoms with E-state index in [4.69, 9.17) is 4.74 Å². The molecule has 5 fully saturated rings. The molecule has 0 saturated heterocycles. The van der Waals surface area contributed by atoms with Crippen molar-refractivity contribution in [3.8, 4) is 0 Å². The number of carbonyl (C=O) groups excluding carboxylic acids is 1. The van der Waals surface area contributed by atoms with Crippen LogP contribution < -0.4 is 0 Å². The number of hydrogen-bond acceptors (Lipinski definition) is 2. The van der Waals surface area contributed by atoms with Crippen LogP contribution in [-0.2, 0) is 9.53 Å². The summed E-state index contributed by atoms with van der Waals surface area (Å²) in [4.78, 5) is 11.5. The van der Waals surface area contributed by atoms with E-state index in [0.29, 0.717) is 39.6 Å². The summed E-state index contributed by atoms with van der Waals surface area (Å²) in [5, 5.41) is 0. The molecular weight excluding hydrogens is 416 g/mol. The first kappa shape index (κ1) is 25.1. The Balaban J connectivity index is 1.43. The van der Waals surface area contributed by atoms with Gasteiger partial charge in [-0.2, -0.15) is 0 Å². The summed E-state index contributed by atoms with van der Waals surface area (Å²) < 4.78 is 5.48. The van der Waals surface area contributed by atoms with Crippen LogP contribution in [0.25, 0.3) is 0 Å². The minimum Gasteiger partial charge on any atom is -0.466 e. The lowest BCUT2D eigenvalue weighted by atomic mass is 9.32. The van der Waals surface area contributed by atoms with Gasteiger partial charge in [0.1, 0.15) is 0 Å². The Morgan fingerprint density at radius 3 is 2.03 bits per heavy atom. The highest BCUT2D eigenvalue weighted by Gasteiger charge is 2.70. The summed E-state index contributed by atoms with van der Waals surface area (Å²) in [6, 6.07) is 0. The molecule has 0 unspecified atom stereocenters. The molecule has 0 aliphatic heterocycles. The average molecular weight is 471 g/mol. The number of fused-ring (bicyclic) bond motifs is 7. The number of carbonyl (C=O) groups is 1. The molecule has 5 aliphatic carbocycles. The zero-order valence-electron chi connectivity index (χ0n) is 23.8. The summed E-state index contributed by atoms with van der Waals surface area (Å²) in [6.07, 6.45) is 15.7. The smallest absolute Gasteiger partial charge is 0.302 e. The molecule has 0 aromatic rings. The third kappa shape index (κ3) is 3.27. The van der Waals surface area contributed by atoms with Gasteiger partial charge < -0.3 is 4.74 Å². The van der Waals surface area contributed by atoms with Crippen molar-refractivity contribution in [1.29, 1.82) is 0 Å². The van der Waals surface area contributed by atoms with Gasteiger partial charge in [0.15, 0.2) is 0 Å². The Hall–Kier alpha value is -0.530. The van der Waals surface area contributed by atoms with E-state index in [9.17, 15) is 4.79 Å². The molecule has 34 heavy (non-hydrogen) atoms. The second-order valence-corrected chi connectivity index (χ2v) is 15.6. The van der Waals surface area contributed by atoms with E-state index >= 15 is 0 Å². The highest BCUT2D eigenvalue weighted by molar-refractivity contribution is 5.65. The summed E-state index contributed by atoms with van der Waals surface area (Å²) in [5.41, 5.74) is 2.50. The van der Waals surface area contributed by atoms with E-state index in [2.05, 4.69) is 48.5 Å². The number of ether oxygens (including phenoxy) is 1. The molecule has 0 bridgehead atoms. The van der Waals surface area contributed by atoms with Gasteiger partial charge in [-0.3, -0.25) is 4.79 Å². The Morgan fingerprint density at radius 2 is 1.38 bits per heavy atom. The number of rotatable bonds is 3. The van der Waals surface area contributed by atoms with Crippen LogP contribution in [0.5, 0.6) is 0 Å². The van der Waals surface area contributed by atoms with Gasteiger partial charge in [0.25, 0.3) is 0 Å². The first-order valence-corrected chi connectivity index (χ1v) is 14.9. The van der Waals surface area contributed by atoms with Crippen LogP contribution in [0.4, 0.5) is 0 Å². The van der Waals surface area contributed by atoms with Crippen LogP contribution in [0.1, 0.15) is 126 Å². The SMILES string of the molecule is CC(=O)OC[C@@H](C)[C@H]1CC[C@]2(C)[C@H]3CC[C@@H]4[C@@]5(C)CCCC(C)(C)[C@@H]5CC[C@@]4(C)[C@]3(C)CC[C@@H]12. The van der Waals surface area contributed by atoms with Crippen LogP contribution in [0, 0.1) is 62.6 Å². The number of esters is 1. The Labute approximate surface area is 210 Å². The molecule has 0 radical (unpaired) electrons. The first-order valence-electron chi connectivity index (χ1n) is 14.9. The molecule has 2 nitrogen and oxygen atoms in total. The third-order valence-corrected chi connectivity index (χ3v) is 14.0. The zero-order chi connectivity index (χ0) is 24.7. The molecule has 5 aliphatic rings. The molecule has 5 rings (SSSR count). The molecule has 2 heteroatoms. The second-order valence-electron chi connectivity index (χ2n) is 15.6. The second kappa shape index (κ2) is 7.98. The normalized spacial score (nSPS) is 52.5. The Kier molecular flexibility index (Phi) is 5.90. The molecule has 0 N–H and O–H groups in total. The Bertz CT molecular complexity index is 816. The van der Waals surface area contributed by atoms with Crippen molar-refractivity contribution in [2.24, 2.45) is 62.6 Å². The van der Waals surface area contributed by atoms with Gasteiger partial charge >= 0.3 is 5.97 Å². The first-order chi connectivity index (χ1) is 15.8. The van der Waals surface area contributed by atoms with Crippen molar-refractivity contribution < 1.29 is 9.53 Å². The summed E-state index contributed by atoms with van der Waals surface area (Å²) in [7, 11) is 0. The lowest BCUT2D eigenvalue weighted by Gasteiger charge is -2.73. The van der Waals surface area contributed by atoms with Crippen molar-refractivity contribution in [2.75, 3.05) is 6.61 Å². The van der Waals surface area contributed by atoms with E-state index in [0.717, 1.165) is 29.6 Å². The van der Waals surface area contributed by atoms with Gasteiger partial charge in [0.2, 0.25) is 0 Å². The molecule has 5 saturated carbocycles. The van der Waals surface area contributed by atoms with Crippen LogP contribution >= 0.6 is 0 Å². The average Bonchev–Trinajstić information content (AvgIpc) is 3.09. The minimum atomic E-state index is -0.120. The molecule has 194 valence electrons. The van der Waals surface area contributed by atoms with Crippen molar-refractivity contribution >= 4 is 5.97 Å². The van der Waals surface area contributed by atoms with E-state index < -0.39 is 0 Å². The van der Waals surface area contributed by atoms with Gasteiger partial charge in [0, 0.05) is 6.92 Å². The fourth-order valence-electron chi connectivity index (χ4n) is 12.4. The van der Waals surface area contributed by atoms with E-state index in [1.54, 1.807) is 6.92 Å². The van der Waals surface area contributed by atoms with Gasteiger partial charge in [-0.25, -0.2) is 0 Å². The maximum Gasteiger partial charge on any atom is 0.302 e. The van der Waals surface area contributed by atoms with E-state index in [-0.39, 0.29) is 5.97 Å². The fourth-order valence-corrected chi connectivity index (χ4v) is 12.4. The largest absolute Gasteiger partial charge is 0.466 e. The highest BCUT2D eigenvalue weighted by atomic mass is 16.5. The van der Waals surface area contributed by atoms with Crippen LogP contribution in [-0.4, -0.2) is 12.6 Å². The Morgan fingerprint density at radius 1 is 0.765 bits per heavy atom. The minimum absolute atomic E-state index is 0.120. The van der Waals surface area contributed by atoms with Gasteiger partial charge in [-0.05, 0) is 127 Å². The molecule has 0 spiro atoms. The predicted molar refractivity (Wildman–Crippen MR) is 140 cm³/mol. The quantitative estimate of drug-likeness (QED) is 0.386. The van der Waals surface area contributed by atoms with Gasteiger partial charge in [0.05, 0.1) is 6.61 Å². The lowest BCUT2D eigenvalue weighted by molar-refractivity contribution is -0.241. The van der Waals surface area contributed by atoms with Gasteiger partial charge in [-0.1, -0.05) is 54.9 Å². The summed E-state index contributed by atoms with van der Waals surface area (Å²) >= 11 is 0. The molecule has 10 atom stereocenters. The third-order valence-electron chi connectivity index (χ3n) is 14.0. The fraction of sp³-hybridized carbons (Fsp3) is 0.969. The lowest BCUT2D eigenvalue weighted by Crippen LogP contribution is -2.65.